The van der Waals surface area contributed by atoms with Crippen molar-refractivity contribution < 1.29 is 106 Å². The van der Waals surface area contributed by atoms with Gasteiger partial charge in [0, 0.05) is 39.0 Å². The van der Waals surface area contributed by atoms with Crippen molar-refractivity contribution in [2.24, 2.45) is 5.73 Å². The minimum Gasteiger partial charge on any atom is -1.00 e. The summed E-state index contributed by atoms with van der Waals surface area (Å²) in [5, 5.41) is 23.1. The van der Waals surface area contributed by atoms with Gasteiger partial charge >= 0.3 is 30.1 Å². The highest BCUT2D eigenvalue weighted by Crippen LogP contribution is 2.30. The zero-order chi connectivity index (χ0) is 59.6. The van der Waals surface area contributed by atoms with Gasteiger partial charge in [0.25, 0.3) is 41.4 Å². The van der Waals surface area contributed by atoms with Gasteiger partial charge in [-0.3, -0.25) is 68.3 Å². The molecular formula is C47H67Cl4N13O15. The summed E-state index contributed by atoms with van der Waals surface area (Å²) in [7, 11) is 14.8. The number of halogens is 4. The van der Waals surface area contributed by atoms with Crippen molar-refractivity contribution in [3.8, 4) is 0 Å². The predicted octanol–water partition coefficient (Wildman–Crippen LogP) is -6.60. The highest BCUT2D eigenvalue weighted by molar-refractivity contribution is 6.28. The van der Waals surface area contributed by atoms with Crippen LogP contribution in [-0.2, 0) is 24.0 Å². The Bertz CT molecular complexity index is 2690. The minimum atomic E-state index is -1.26. The van der Waals surface area contributed by atoms with Crippen molar-refractivity contribution in [2.45, 2.75) is 56.8 Å². The molecule has 10 N–H and O–H groups in total. The molecule has 0 spiro atoms. The molecule has 5 aliphatic heterocycles. The lowest BCUT2D eigenvalue weighted by Crippen LogP contribution is -3.00. The maximum Gasteiger partial charge on any atom is 0.342 e. The van der Waals surface area contributed by atoms with E-state index < -0.39 is 58.0 Å². The van der Waals surface area contributed by atoms with Crippen molar-refractivity contribution in [3.63, 3.8) is 0 Å². The summed E-state index contributed by atoms with van der Waals surface area (Å²) in [5.74, 6) is -4.16. The fraction of sp³-hybridized carbons (Fsp3) is 0.468. The number of rotatable bonds is 11. The Kier molecular flexibility index (Phi) is 25.7. The second-order valence-corrected chi connectivity index (χ2v) is 21.2. The quantitative estimate of drug-likeness (QED) is 0.0437. The van der Waals surface area contributed by atoms with Gasteiger partial charge < -0.3 is 65.9 Å². The Morgan fingerprint density at radius 1 is 0.646 bits per heavy atom. The van der Waals surface area contributed by atoms with E-state index in [-0.39, 0.29) is 96.9 Å². The van der Waals surface area contributed by atoms with Gasteiger partial charge in [-0.25, -0.2) is 28.4 Å². The van der Waals surface area contributed by atoms with Crippen LogP contribution in [-0.4, -0.2) is 226 Å². The number of benzene rings is 2. The molecule has 4 unspecified atom stereocenters. The van der Waals surface area contributed by atoms with Crippen molar-refractivity contribution >= 4 is 101 Å². The number of fused-ring (bicyclic) bond motifs is 1. The zero-order valence-electron chi connectivity index (χ0n) is 45.6. The number of hydrogen-bond donors (Lipinski definition) is 9. The van der Waals surface area contributed by atoms with Crippen LogP contribution in [0.5, 0.6) is 0 Å². The average Bonchev–Trinajstić information content (AvgIpc) is 3.96. The first-order valence-corrected chi connectivity index (χ1v) is 23.6. The molecule has 4 atom stereocenters. The summed E-state index contributed by atoms with van der Waals surface area (Å²) in [6.45, 7) is 8.71. The lowest BCUT2D eigenvalue weighted by atomic mass is 10.0. The van der Waals surface area contributed by atoms with E-state index in [4.69, 9.17) is 27.3 Å². The third-order valence-electron chi connectivity index (χ3n) is 11.6. The molecule has 2 aromatic carbocycles. The number of urea groups is 4. The molecule has 79 heavy (non-hydrogen) atoms. The summed E-state index contributed by atoms with van der Waals surface area (Å²) in [5.41, 5.74) is 1.97. The number of nitrogens with one attached hydrogen (secondary N) is 6. The number of carbonyl (C=O) groups is 13. The van der Waals surface area contributed by atoms with Gasteiger partial charge in [-0.1, -0.05) is 24.3 Å². The van der Waals surface area contributed by atoms with Crippen LogP contribution in [0.3, 0.4) is 0 Å². The number of amides is 15. The summed E-state index contributed by atoms with van der Waals surface area (Å²) >= 11 is 9.52. The highest BCUT2D eigenvalue weighted by atomic mass is 35.5. The Morgan fingerprint density at radius 2 is 1.08 bits per heavy atom. The summed E-state index contributed by atoms with van der Waals surface area (Å²) in [6.07, 6.45) is 0. The summed E-state index contributed by atoms with van der Waals surface area (Å²) < 4.78 is 8.67. The maximum atomic E-state index is 12.0. The number of likely N-dealkylation sites (N-methyl/N-ethyl adjacent to an activating group) is 4. The van der Waals surface area contributed by atoms with E-state index in [1.54, 1.807) is 45.0 Å². The van der Waals surface area contributed by atoms with Crippen LogP contribution in [0.25, 0.3) is 0 Å². The van der Waals surface area contributed by atoms with Gasteiger partial charge in [-0.05, 0) is 58.9 Å². The Balaban J connectivity index is 0.000000965. The molecule has 5 aliphatic rings. The first-order valence-electron chi connectivity index (χ1n) is 23.0. The van der Waals surface area contributed by atoms with Crippen molar-refractivity contribution in [2.75, 3.05) is 89.1 Å². The van der Waals surface area contributed by atoms with Gasteiger partial charge in [0.2, 0.25) is 0 Å². The molecule has 0 aromatic heterocycles. The van der Waals surface area contributed by atoms with Crippen LogP contribution in [0.2, 0.25) is 0 Å². The summed E-state index contributed by atoms with van der Waals surface area (Å²) in [4.78, 5) is 151. The molecule has 28 nitrogen and oxygen atoms in total. The molecule has 4 saturated heterocycles. The monoisotopic (exact) mass is 1190 g/mol. The first kappa shape index (κ1) is 72.0. The molecule has 7 rings (SSSR count). The van der Waals surface area contributed by atoms with Crippen molar-refractivity contribution in [1.82, 2.24) is 51.0 Å². The predicted molar refractivity (Wildman–Crippen MR) is 275 cm³/mol. The molecular weight excluding hydrogens is 1130 g/mol. The van der Waals surface area contributed by atoms with E-state index in [0.717, 1.165) is 19.1 Å². The van der Waals surface area contributed by atoms with Gasteiger partial charge in [0.15, 0.2) is 11.1 Å². The SMILES string of the molecule is CC(=O)CN1C(=O)c2ccccc2C1=O.CC1(CN)NC(=O)NC1=O.CC1(CNC(=O)c2ccccc2C(=O)O)NC(=O)NC1=O.CN1C(=O)N(Cl)C(C)(C[N+](C)(C)C)C1=O.CN1C(=O)NC(C)(C[N+](C)(C)C)C1=O.OCl.[Cl-].[Cl-]. The second-order valence-electron chi connectivity index (χ2n) is 20.9. The smallest absolute Gasteiger partial charge is 0.342 e. The number of aromatic carboxylic acids is 1. The Labute approximate surface area is 478 Å². The number of carbonyl (C=O) groups excluding carboxylic acids is 12. The molecule has 15 amide bonds. The van der Waals surface area contributed by atoms with Crippen LogP contribution in [0.4, 0.5) is 19.2 Å². The van der Waals surface area contributed by atoms with Crippen LogP contribution in [0, 0.1) is 0 Å². The van der Waals surface area contributed by atoms with Gasteiger partial charge in [-0.15, -0.1) is 0 Å². The third kappa shape index (κ3) is 18.0. The molecule has 438 valence electrons. The topological polar surface area (TPSA) is 374 Å². The van der Waals surface area contributed by atoms with Crippen LogP contribution in [0.15, 0.2) is 48.5 Å². The van der Waals surface area contributed by atoms with Gasteiger partial charge in [-0.2, -0.15) is 0 Å². The molecule has 4 fully saturated rings. The minimum absolute atomic E-state index is 0. The van der Waals surface area contributed by atoms with E-state index in [1.165, 1.54) is 52.2 Å². The van der Waals surface area contributed by atoms with E-state index >= 15 is 0 Å². The van der Waals surface area contributed by atoms with E-state index in [2.05, 4.69) is 43.8 Å². The molecule has 0 radical (unpaired) electrons. The third-order valence-corrected chi connectivity index (χ3v) is 12.1. The van der Waals surface area contributed by atoms with Crippen LogP contribution >= 0.6 is 23.6 Å². The van der Waals surface area contributed by atoms with Crippen molar-refractivity contribution in [1.29, 1.82) is 0 Å². The highest BCUT2D eigenvalue weighted by Gasteiger charge is 2.56. The number of imide groups is 5. The molecule has 5 heterocycles. The van der Waals surface area contributed by atoms with E-state index in [9.17, 15) is 62.3 Å². The number of ketones is 1. The largest absolute Gasteiger partial charge is 1.00 e. The van der Waals surface area contributed by atoms with Gasteiger partial charge in [0.05, 0.1) is 83.0 Å². The number of quaternary nitrogens is 2. The van der Waals surface area contributed by atoms with Crippen molar-refractivity contribution in [3.05, 3.63) is 70.8 Å². The fourth-order valence-electron chi connectivity index (χ4n) is 8.07. The standard InChI is InChI=1S/C13H13N3O5.C11H9NO3.C9H17ClN3O2.C9H17N3O2.C5H9N3O2.ClHO.2ClH/c1-13(11(20)15-12(21)16-13)6-14-9(17)7-4-2-3-5-8(7)10(18)19;1-7(13)6-12-10(14)8-4-2-3-5-9(8)11(12)15;1-9(6-13(3,4)5)7(14)11(2)8(15)12(9)10;1-9(6-12(3,4)5)7(13)11(2)8(14)10-9;1-5(2-6)3(9)7-4(10)8-5;1-2;;/h2-5H,6H2,1H3,(H,14,17)(H,18,19)(H2,15,16,20,21);2-5H,6H2,1H3;6H2,1-5H3;6H2,1-5H3;2,6H2,1H3,(H2,7,8,9,10);2H;2*1H/q;;+1;;;;;/p-1. The van der Waals surface area contributed by atoms with Crippen LogP contribution < -0.4 is 62.4 Å². The number of carboxylic acid groups (broad SMARTS) is 1. The Morgan fingerprint density at radius 3 is 1.41 bits per heavy atom. The number of nitrogens with zero attached hydrogens (tertiary/aromatic N) is 6. The molecule has 2 aromatic rings. The lowest BCUT2D eigenvalue weighted by Gasteiger charge is -2.34. The average molecular weight is 1200 g/mol. The zero-order valence-corrected chi connectivity index (χ0v) is 48.7. The molecule has 0 aliphatic carbocycles. The maximum absolute atomic E-state index is 12.0. The number of nitrogens with two attached hydrogens (primary N) is 1. The van der Waals surface area contributed by atoms with E-state index in [1.807, 2.05) is 42.3 Å². The molecule has 0 bridgehead atoms. The first-order chi connectivity index (χ1) is 35.3. The van der Waals surface area contributed by atoms with Gasteiger partial charge in [0.1, 0.15) is 30.0 Å². The second kappa shape index (κ2) is 28.2. The normalized spacial score (nSPS) is 22.6. The fourth-order valence-corrected chi connectivity index (χ4v) is 8.31. The molecule has 32 heteroatoms. The number of hydrogen-bond acceptors (Lipinski definition) is 15. The number of Topliss-reactive ketones (excluding diaryl/α,β-unsaturated/α-hetero) is 1. The Hall–Kier alpha value is -7.05. The van der Waals surface area contributed by atoms with Crippen LogP contribution in [0.1, 0.15) is 76.1 Å². The molecule has 0 saturated carbocycles. The lowest BCUT2D eigenvalue weighted by molar-refractivity contribution is -0.873. The summed E-state index contributed by atoms with van der Waals surface area (Å²) in [6, 6.07) is 10.4. The number of carboxylic acids is 1. The van der Waals surface area contributed by atoms with E-state index in [0.29, 0.717) is 33.2 Å².